The fourth-order valence-corrected chi connectivity index (χ4v) is 20.1. The number of benzene rings is 10. The predicted octanol–water partition coefficient (Wildman–Crippen LogP) is 25.9. The maximum absolute atomic E-state index is 16.3. The molecule has 7 aromatic heterocycles. The predicted molar refractivity (Wildman–Crippen MR) is 479 cm³/mol. The highest BCUT2D eigenvalue weighted by Crippen LogP contribution is 2.51. The van der Waals surface area contributed by atoms with E-state index in [0.717, 1.165) is 164 Å². The van der Waals surface area contributed by atoms with Gasteiger partial charge in [-0.3, -0.25) is 37.9 Å². The molecule has 0 saturated heterocycles. The van der Waals surface area contributed by atoms with E-state index in [0.29, 0.717) is 155 Å². The highest BCUT2D eigenvalue weighted by Gasteiger charge is 2.33. The van der Waals surface area contributed by atoms with Gasteiger partial charge < -0.3 is 15.0 Å². The Morgan fingerprint density at radius 2 is 0.632 bits per heavy atom. The zero-order valence-electron chi connectivity index (χ0n) is 64.2. The van der Waals surface area contributed by atoms with Crippen molar-refractivity contribution in [3.63, 3.8) is 0 Å². The quantitative estimate of drug-likeness (QED) is 0.0261. The Balaban J connectivity index is 0.827. The van der Waals surface area contributed by atoms with Crippen molar-refractivity contribution in [2.45, 2.75) is 168 Å². The number of aromatic amines is 3. The molecule has 0 aliphatic carbocycles. The van der Waals surface area contributed by atoms with E-state index in [1.165, 1.54) is 13.7 Å². The summed E-state index contributed by atoms with van der Waals surface area (Å²) in [5.74, 6) is 0. The zero-order chi connectivity index (χ0) is 78.5. The Hall–Kier alpha value is -10.7. The minimum atomic E-state index is -0.586. The van der Waals surface area contributed by atoms with Crippen LogP contribution in [0.4, 0.5) is 0 Å². The molecule has 0 fully saturated rings. The Morgan fingerprint density at radius 3 is 1.05 bits per heavy atom. The first-order valence-corrected chi connectivity index (χ1v) is 42.2. The molecule has 0 spiro atoms. The van der Waals surface area contributed by atoms with Crippen LogP contribution in [-0.2, 0) is 0 Å². The average molecular weight is 1590 g/mol. The summed E-state index contributed by atoms with van der Waals surface area (Å²) in [4.78, 5) is 112. The van der Waals surface area contributed by atoms with Crippen molar-refractivity contribution >= 4 is 178 Å². The lowest BCUT2D eigenvalue weighted by Crippen LogP contribution is -2.37. The molecule has 0 radical (unpaired) electrons. The maximum Gasteiger partial charge on any atom is 0.266 e. The topological polar surface area (TPSA) is 177 Å². The minimum Gasteiger partial charge on any atom is -0.354 e. The molecule has 8 heterocycles. The summed E-state index contributed by atoms with van der Waals surface area (Å²) < 4.78 is 4.24. The SMILES string of the molecule is CCCCCCC(CCCCCC)n1c(=O)c2ccc3c4ccc5c(=O)n(C(CCCCCC)CCCCCC)c(=O)c6cc7c8c(=O)n(-c9ccc(-c%10ccc(-c%11c%12nc(c(-c%13c(Cl)cccc%13Cl)c%13ccc([nH]%13)c%13ccc([nH]%13)c(-c%13c(Cl)cccc%13Cl)c%13ccc%11[nH]%13)C=C%12)cc%10)cc9)c(=O)c8c8cc(c1=O)c2c3c8c7c4c56. The van der Waals surface area contributed by atoms with Crippen molar-refractivity contribution in [2.24, 2.45) is 0 Å². The van der Waals surface area contributed by atoms with Crippen LogP contribution in [0.15, 0.2) is 186 Å². The number of pyridine rings is 2. The fourth-order valence-electron chi connectivity index (χ4n) is 18.9. The number of hydrogen-bond acceptors (Lipinski definition) is 7. The Kier molecular flexibility index (Phi) is 20.1. The number of halogens is 4. The molecule has 8 bridgehead atoms. The molecule has 0 unspecified atom stereocenters. The number of hydrogen-bond donors (Lipinski definition) is 3. The van der Waals surface area contributed by atoms with Crippen LogP contribution in [0.1, 0.15) is 180 Å². The number of aromatic nitrogens is 7. The van der Waals surface area contributed by atoms with Gasteiger partial charge in [-0.2, -0.15) is 0 Å². The van der Waals surface area contributed by atoms with Crippen LogP contribution in [-0.4, -0.2) is 33.6 Å². The van der Waals surface area contributed by atoms with E-state index in [2.05, 4.69) is 42.6 Å². The first-order chi connectivity index (χ1) is 55.6. The van der Waals surface area contributed by atoms with Crippen molar-refractivity contribution in [1.29, 1.82) is 0 Å². The molecule has 13 nitrogen and oxygen atoms in total. The summed E-state index contributed by atoms with van der Waals surface area (Å²) in [6, 6.07) is 49.0. The van der Waals surface area contributed by atoms with Gasteiger partial charge in [0.1, 0.15) is 0 Å². The molecule has 18 rings (SSSR count). The second-order valence-electron chi connectivity index (χ2n) is 31.4. The van der Waals surface area contributed by atoms with Gasteiger partial charge in [0.25, 0.3) is 33.4 Å². The van der Waals surface area contributed by atoms with Crippen molar-refractivity contribution in [2.75, 3.05) is 0 Å². The van der Waals surface area contributed by atoms with Gasteiger partial charge >= 0.3 is 0 Å². The third kappa shape index (κ3) is 12.4. The van der Waals surface area contributed by atoms with Gasteiger partial charge in [-0.05, 0) is 195 Å². The lowest BCUT2D eigenvalue weighted by atomic mass is 9.81. The average Bonchev–Trinajstić information content (AvgIpc) is 1.07. The van der Waals surface area contributed by atoms with Gasteiger partial charge in [-0.1, -0.05) is 237 Å². The van der Waals surface area contributed by atoms with Crippen LogP contribution in [0.2, 0.25) is 20.1 Å². The van der Waals surface area contributed by atoms with Crippen molar-refractivity contribution in [3.8, 4) is 50.2 Å². The first-order valence-electron chi connectivity index (χ1n) is 40.7. The second-order valence-corrected chi connectivity index (χ2v) is 33.0. The summed E-state index contributed by atoms with van der Waals surface area (Å²) in [6.45, 7) is 8.69. The number of rotatable bonds is 27. The maximum atomic E-state index is 16.3. The van der Waals surface area contributed by atoms with Crippen LogP contribution in [0.25, 0.3) is 182 Å². The molecular formula is C97H85Cl4N7O6. The molecular weight excluding hydrogens is 1500 g/mol. The van der Waals surface area contributed by atoms with Gasteiger partial charge in [0.15, 0.2) is 0 Å². The fraction of sp³-hybridized carbons (Fsp3) is 0.268. The molecule has 1 aliphatic rings. The van der Waals surface area contributed by atoms with Crippen molar-refractivity contribution in [3.05, 3.63) is 251 Å². The largest absolute Gasteiger partial charge is 0.354 e. The molecule has 114 heavy (non-hydrogen) atoms. The Bertz CT molecular complexity index is 6920. The lowest BCUT2D eigenvalue weighted by Gasteiger charge is -2.24. The van der Waals surface area contributed by atoms with Gasteiger partial charge in [0.2, 0.25) is 0 Å². The Morgan fingerprint density at radius 1 is 0.298 bits per heavy atom. The smallest absolute Gasteiger partial charge is 0.266 e. The third-order valence-corrected chi connectivity index (χ3v) is 25.7. The highest BCUT2D eigenvalue weighted by molar-refractivity contribution is 6.49. The standard InChI is InChI=1S/C97H85Cl4N7O6/c1-5-9-13-17-23-56(24-18-14-10-6-2)106-92(109)61-41-39-59-60-40-42-62-81-66(95(112)107(93(62)110)57(25-19-15-11-7-3)26-20-16-12-8-4)52-64-85(83(60)81)84-63(51-65(94(106)111)80(61)82(59)84)86-87(64)97(114)108(96(86)113)58-37-35-54(36-38-58)53-31-33-55(34-32-53)79-73-47-49-77(104-73)90(88-67(98)27-21-28-68(88)99)75-45-43-71(102-75)72-44-46-76(103-72)91(78-50-48-74(79)105-78)89-69(100)29-22-30-70(89)101/h21-22,27-52,56-57,102-104H,5-20,23-26H2,1-4H3. The monoisotopic (exact) mass is 1580 g/mol. The first kappa shape index (κ1) is 74.7. The van der Waals surface area contributed by atoms with E-state index in [1.54, 1.807) is 24.3 Å². The second kappa shape index (κ2) is 30.6. The van der Waals surface area contributed by atoms with E-state index in [-0.39, 0.29) is 34.0 Å². The number of fused-ring (bicyclic) bond motifs is 13. The number of unbranched alkanes of at least 4 members (excludes halogenated alkanes) is 12. The number of nitrogens with zero attached hydrogens (tertiary/aromatic N) is 4. The van der Waals surface area contributed by atoms with Crippen molar-refractivity contribution in [1.82, 2.24) is 33.6 Å². The Labute approximate surface area is 676 Å². The molecule has 17 aromatic rings. The number of H-pyrrole nitrogens is 3. The van der Waals surface area contributed by atoms with Crippen LogP contribution in [0, 0.1) is 0 Å². The number of nitrogens with one attached hydrogen (secondary N) is 3. The van der Waals surface area contributed by atoms with E-state index in [4.69, 9.17) is 51.4 Å². The van der Waals surface area contributed by atoms with Crippen LogP contribution >= 0.6 is 46.4 Å². The summed E-state index contributed by atoms with van der Waals surface area (Å²) in [6.07, 6.45) is 22.4. The highest BCUT2D eigenvalue weighted by atomic mass is 35.5. The molecule has 0 atom stereocenters. The molecule has 572 valence electrons. The van der Waals surface area contributed by atoms with E-state index in [9.17, 15) is 0 Å². The van der Waals surface area contributed by atoms with Crippen LogP contribution in [0.3, 0.4) is 0 Å². The van der Waals surface area contributed by atoms with Gasteiger partial charge in [0, 0.05) is 94.3 Å². The zero-order valence-corrected chi connectivity index (χ0v) is 67.2. The third-order valence-electron chi connectivity index (χ3n) is 24.5. The van der Waals surface area contributed by atoms with E-state index in [1.807, 2.05) is 146 Å². The van der Waals surface area contributed by atoms with E-state index >= 15 is 28.8 Å². The van der Waals surface area contributed by atoms with Gasteiger partial charge in [-0.15, -0.1) is 0 Å². The van der Waals surface area contributed by atoms with Crippen molar-refractivity contribution < 1.29 is 0 Å². The van der Waals surface area contributed by atoms with Gasteiger partial charge in [0.05, 0.1) is 59.0 Å². The normalized spacial score (nSPS) is 12.5. The molecule has 1 aliphatic heterocycles. The lowest BCUT2D eigenvalue weighted by molar-refractivity contribution is 0.384. The molecule has 0 saturated carbocycles. The molecule has 10 aromatic carbocycles. The van der Waals surface area contributed by atoms with Crippen LogP contribution in [0.5, 0.6) is 0 Å². The van der Waals surface area contributed by atoms with Gasteiger partial charge in [-0.25, -0.2) is 9.55 Å². The summed E-state index contributed by atoms with van der Waals surface area (Å²) in [5.41, 5.74) is 9.56. The molecule has 0 amide bonds. The molecule has 3 N–H and O–H groups in total. The summed E-state index contributed by atoms with van der Waals surface area (Å²) in [5, 5.41) is 9.20. The summed E-state index contributed by atoms with van der Waals surface area (Å²) >= 11 is 28.4. The summed E-state index contributed by atoms with van der Waals surface area (Å²) in [7, 11) is 0. The minimum absolute atomic E-state index is 0.113. The van der Waals surface area contributed by atoms with E-state index < -0.39 is 22.2 Å². The molecule has 17 heteroatoms. The van der Waals surface area contributed by atoms with Crippen LogP contribution < -0.4 is 33.4 Å².